The Morgan fingerprint density at radius 1 is 1.12 bits per heavy atom. The van der Waals surface area contributed by atoms with Gasteiger partial charge in [0.15, 0.2) is 0 Å². The second-order valence-corrected chi connectivity index (χ2v) is 10.8. The highest BCUT2D eigenvalue weighted by Crippen LogP contribution is 2.31. The molecule has 2 saturated heterocycles. The van der Waals surface area contributed by atoms with Crippen LogP contribution in [0.1, 0.15) is 57.4 Å². The van der Waals surface area contributed by atoms with Crippen LogP contribution in [-0.4, -0.2) is 83.2 Å². The molecule has 3 rings (SSSR count). The van der Waals surface area contributed by atoms with E-state index in [2.05, 4.69) is 5.32 Å². The van der Waals surface area contributed by atoms with Crippen molar-refractivity contribution in [2.75, 3.05) is 19.7 Å². The lowest BCUT2D eigenvalue weighted by Gasteiger charge is -2.37. The molecule has 13 heteroatoms. The molecule has 0 aliphatic carbocycles. The lowest BCUT2D eigenvalue weighted by Crippen LogP contribution is -2.59. The van der Waals surface area contributed by atoms with Crippen LogP contribution < -0.4 is 27.3 Å². The number of hydrogen-bond donors (Lipinski definition) is 4. The molecule has 0 spiro atoms. The van der Waals surface area contributed by atoms with Crippen molar-refractivity contribution in [3.63, 3.8) is 0 Å². The van der Waals surface area contributed by atoms with E-state index in [9.17, 15) is 24.0 Å². The van der Waals surface area contributed by atoms with Crippen LogP contribution in [0.15, 0.2) is 18.2 Å². The van der Waals surface area contributed by atoms with Gasteiger partial charge in [-0.2, -0.15) is 0 Å². The van der Waals surface area contributed by atoms with E-state index < -0.39 is 24.0 Å². The molecule has 2 fully saturated rings. The molecule has 7 N–H and O–H groups in total. The van der Waals surface area contributed by atoms with Gasteiger partial charge in [-0.05, 0) is 50.2 Å². The standard InChI is InChI=1S/C27H39ClN6O6/c1-16(35)33-13-12-19-9-10-21(34(19)27(39)20(29)14-33)26(38)32-18(8-11-24(31)37)15-40-22-6-2-4-17(25(22)28)5-3-7-23(30)36/h2,4,6,18-21H,3,5,7-15,29H2,1H3,(H2,30,36)(H2,31,37)(H,32,38)/t18-,19+,20-,21-/m0/s1. The van der Waals surface area contributed by atoms with Gasteiger partial charge in [-0.25, -0.2) is 0 Å². The van der Waals surface area contributed by atoms with Gasteiger partial charge in [-0.3, -0.25) is 24.0 Å². The first-order valence-electron chi connectivity index (χ1n) is 13.6. The summed E-state index contributed by atoms with van der Waals surface area (Å²) in [5, 5.41) is 3.33. The molecule has 2 aliphatic rings. The summed E-state index contributed by atoms with van der Waals surface area (Å²) in [5.74, 6) is -1.37. The topological polar surface area (TPSA) is 191 Å². The Hall–Kier alpha value is -3.38. The summed E-state index contributed by atoms with van der Waals surface area (Å²) in [5.41, 5.74) is 17.5. The summed E-state index contributed by atoms with van der Waals surface area (Å²) in [7, 11) is 0. The Kier molecular flexibility index (Phi) is 11.1. The average molecular weight is 579 g/mol. The van der Waals surface area contributed by atoms with Crippen LogP contribution in [-0.2, 0) is 30.4 Å². The Morgan fingerprint density at radius 3 is 2.52 bits per heavy atom. The van der Waals surface area contributed by atoms with Crippen molar-refractivity contribution < 1.29 is 28.7 Å². The van der Waals surface area contributed by atoms with Gasteiger partial charge < -0.3 is 37.1 Å². The predicted octanol–water partition coefficient (Wildman–Crippen LogP) is 0.216. The Balaban J connectivity index is 1.68. The van der Waals surface area contributed by atoms with E-state index in [1.807, 2.05) is 6.07 Å². The van der Waals surface area contributed by atoms with Gasteiger partial charge in [0.25, 0.3) is 0 Å². The maximum absolute atomic E-state index is 13.4. The SMILES string of the molecule is CC(=O)N1CC[C@H]2CC[C@@H](C(=O)N[C@@H](CCC(N)=O)COc3cccc(CCCC(N)=O)c3Cl)N2C(=O)[C@@H](N)C1. The number of halogens is 1. The number of primary amides is 2. The smallest absolute Gasteiger partial charge is 0.243 e. The van der Waals surface area contributed by atoms with E-state index in [-0.39, 0.29) is 62.1 Å². The fourth-order valence-corrected chi connectivity index (χ4v) is 5.54. The van der Waals surface area contributed by atoms with Crippen molar-refractivity contribution >= 4 is 41.1 Å². The molecule has 1 aromatic carbocycles. The molecule has 0 bridgehead atoms. The Bertz CT molecular complexity index is 1120. The zero-order chi connectivity index (χ0) is 29.4. The summed E-state index contributed by atoms with van der Waals surface area (Å²) in [6.07, 6.45) is 3.21. The lowest BCUT2D eigenvalue weighted by atomic mass is 10.1. The minimum atomic E-state index is -0.925. The van der Waals surface area contributed by atoms with E-state index in [1.54, 1.807) is 21.9 Å². The molecule has 0 saturated carbocycles. The second-order valence-electron chi connectivity index (χ2n) is 10.4. The third-order valence-corrected chi connectivity index (χ3v) is 7.84. The van der Waals surface area contributed by atoms with Crippen LogP contribution in [0.5, 0.6) is 5.75 Å². The van der Waals surface area contributed by atoms with Crippen molar-refractivity contribution in [1.82, 2.24) is 15.1 Å². The monoisotopic (exact) mass is 578 g/mol. The summed E-state index contributed by atoms with van der Waals surface area (Å²) in [4.78, 5) is 64.2. The molecule has 2 heterocycles. The minimum absolute atomic E-state index is 0.0145. The fourth-order valence-electron chi connectivity index (χ4n) is 5.26. The number of rotatable bonds is 12. The quantitative estimate of drug-likeness (QED) is 0.272. The molecule has 0 radical (unpaired) electrons. The number of amides is 5. The van der Waals surface area contributed by atoms with Crippen molar-refractivity contribution in [3.05, 3.63) is 28.8 Å². The number of hydrogen-bond acceptors (Lipinski definition) is 7. The van der Waals surface area contributed by atoms with Gasteiger partial charge in [0.1, 0.15) is 24.4 Å². The average Bonchev–Trinajstić information content (AvgIpc) is 3.31. The van der Waals surface area contributed by atoms with Crippen LogP contribution in [0, 0.1) is 0 Å². The highest BCUT2D eigenvalue weighted by atomic mass is 35.5. The number of aryl methyl sites for hydroxylation is 1. The second kappa shape index (κ2) is 14.3. The molecule has 220 valence electrons. The number of benzene rings is 1. The molecule has 12 nitrogen and oxygen atoms in total. The maximum Gasteiger partial charge on any atom is 0.243 e. The van der Waals surface area contributed by atoms with Crippen molar-refractivity contribution in [2.24, 2.45) is 17.2 Å². The molecule has 0 aromatic heterocycles. The number of fused-ring (bicyclic) bond motifs is 1. The van der Waals surface area contributed by atoms with E-state index in [4.69, 9.17) is 33.5 Å². The Morgan fingerprint density at radius 2 is 1.85 bits per heavy atom. The minimum Gasteiger partial charge on any atom is -0.490 e. The van der Waals surface area contributed by atoms with E-state index in [0.717, 1.165) is 5.56 Å². The molecule has 2 aliphatic heterocycles. The fraction of sp³-hybridized carbons (Fsp3) is 0.593. The highest BCUT2D eigenvalue weighted by Gasteiger charge is 2.44. The third kappa shape index (κ3) is 8.31. The first-order valence-corrected chi connectivity index (χ1v) is 14.0. The summed E-state index contributed by atoms with van der Waals surface area (Å²) < 4.78 is 5.95. The molecular weight excluding hydrogens is 540 g/mol. The van der Waals surface area contributed by atoms with Crippen LogP contribution in [0.2, 0.25) is 5.02 Å². The number of nitrogens with two attached hydrogens (primary N) is 3. The number of ether oxygens (including phenoxy) is 1. The van der Waals surface area contributed by atoms with Crippen LogP contribution in [0.4, 0.5) is 0 Å². The number of nitrogens with one attached hydrogen (secondary N) is 1. The molecule has 5 amide bonds. The molecule has 0 unspecified atom stereocenters. The van der Waals surface area contributed by atoms with Gasteiger partial charge >= 0.3 is 0 Å². The first kappa shape index (κ1) is 31.2. The van der Waals surface area contributed by atoms with Crippen LogP contribution in [0.25, 0.3) is 0 Å². The highest BCUT2D eigenvalue weighted by molar-refractivity contribution is 6.32. The molecule has 4 atom stereocenters. The summed E-state index contributed by atoms with van der Waals surface area (Å²) in [6.45, 7) is 2.02. The normalized spacial score (nSPS) is 21.7. The maximum atomic E-state index is 13.4. The van der Waals surface area contributed by atoms with Gasteiger partial charge in [0.2, 0.25) is 29.5 Å². The number of nitrogens with zero attached hydrogens (tertiary/aromatic N) is 2. The van der Waals surface area contributed by atoms with Crippen LogP contribution >= 0.6 is 11.6 Å². The zero-order valence-corrected chi connectivity index (χ0v) is 23.5. The van der Waals surface area contributed by atoms with Gasteiger partial charge in [-0.15, -0.1) is 0 Å². The zero-order valence-electron chi connectivity index (χ0n) is 22.8. The van der Waals surface area contributed by atoms with E-state index in [1.165, 1.54) is 6.92 Å². The predicted molar refractivity (Wildman–Crippen MR) is 148 cm³/mol. The molecule has 1 aromatic rings. The number of carbonyl (C=O) groups excluding carboxylic acids is 5. The molecule has 40 heavy (non-hydrogen) atoms. The van der Waals surface area contributed by atoms with Gasteiger partial charge in [0.05, 0.1) is 11.1 Å². The van der Waals surface area contributed by atoms with E-state index >= 15 is 0 Å². The lowest BCUT2D eigenvalue weighted by molar-refractivity contribution is -0.144. The first-order chi connectivity index (χ1) is 19.0. The van der Waals surface area contributed by atoms with Crippen LogP contribution in [0.3, 0.4) is 0 Å². The van der Waals surface area contributed by atoms with Crippen molar-refractivity contribution in [1.29, 1.82) is 0 Å². The van der Waals surface area contributed by atoms with Gasteiger partial charge in [0, 0.05) is 38.9 Å². The third-order valence-electron chi connectivity index (χ3n) is 7.41. The van der Waals surface area contributed by atoms with E-state index in [0.29, 0.717) is 49.4 Å². The largest absolute Gasteiger partial charge is 0.490 e. The van der Waals surface area contributed by atoms with Gasteiger partial charge in [-0.1, -0.05) is 23.7 Å². The number of carbonyl (C=O) groups is 5. The van der Waals surface area contributed by atoms with Crippen molar-refractivity contribution in [3.8, 4) is 5.75 Å². The Labute approximate surface area is 238 Å². The molecular formula is C27H39ClN6O6. The summed E-state index contributed by atoms with van der Waals surface area (Å²) >= 11 is 6.53. The van der Waals surface area contributed by atoms with Crippen molar-refractivity contribution in [2.45, 2.75) is 82.5 Å². The summed E-state index contributed by atoms with van der Waals surface area (Å²) in [6, 6.07) is 2.87.